The summed E-state index contributed by atoms with van der Waals surface area (Å²) in [6.45, 7) is 5.96. The fourth-order valence-corrected chi connectivity index (χ4v) is 2.65. The van der Waals surface area contributed by atoms with Gasteiger partial charge in [-0.2, -0.15) is 0 Å². The third-order valence-corrected chi connectivity index (χ3v) is 4.21. The second-order valence-corrected chi connectivity index (χ2v) is 6.77. The van der Waals surface area contributed by atoms with Crippen LogP contribution in [0.15, 0.2) is 89.6 Å². The van der Waals surface area contributed by atoms with Crippen LogP contribution in [-0.4, -0.2) is 13.0 Å². The van der Waals surface area contributed by atoms with Crippen molar-refractivity contribution in [2.45, 2.75) is 20.8 Å². The summed E-state index contributed by atoms with van der Waals surface area (Å²) < 4.78 is 17.1. The number of hydrogen-bond acceptors (Lipinski definition) is 4. The molecule has 0 aliphatic heterocycles. The molecule has 0 amide bonds. The molecule has 3 aromatic rings. The van der Waals surface area contributed by atoms with Gasteiger partial charge >= 0.3 is 0 Å². The average molecular weight is 387 g/mol. The highest BCUT2D eigenvalue weighted by Gasteiger charge is 2.08. The molecule has 3 aromatic carbocycles. The highest BCUT2D eigenvalue weighted by atomic mass is 16.5. The Morgan fingerprint density at radius 2 is 1.41 bits per heavy atom. The summed E-state index contributed by atoms with van der Waals surface area (Å²) >= 11 is 0. The minimum atomic E-state index is 0.466. The molecule has 0 fully saturated rings. The molecule has 0 heterocycles. The van der Waals surface area contributed by atoms with Gasteiger partial charge in [-0.15, -0.1) is 0 Å². The fourth-order valence-electron chi connectivity index (χ4n) is 2.65. The van der Waals surface area contributed by atoms with Gasteiger partial charge in [-0.1, -0.05) is 24.3 Å². The van der Waals surface area contributed by atoms with Crippen LogP contribution in [-0.2, 0) is 0 Å². The van der Waals surface area contributed by atoms with E-state index in [0.29, 0.717) is 5.90 Å². The van der Waals surface area contributed by atoms with Gasteiger partial charge in [0, 0.05) is 5.57 Å². The number of aliphatic imine (C=N–C) groups is 1. The van der Waals surface area contributed by atoms with Gasteiger partial charge in [-0.3, -0.25) is 0 Å². The highest BCUT2D eigenvalue weighted by Crippen LogP contribution is 2.22. The molecule has 0 unspecified atom stereocenters. The second-order valence-electron chi connectivity index (χ2n) is 6.77. The molecule has 0 saturated heterocycles. The van der Waals surface area contributed by atoms with Gasteiger partial charge < -0.3 is 14.2 Å². The molecule has 4 heteroatoms. The first-order chi connectivity index (χ1) is 14.0. The number of methoxy groups -OCH3 is 1. The molecule has 29 heavy (non-hydrogen) atoms. The van der Waals surface area contributed by atoms with Crippen molar-refractivity contribution in [2.24, 2.45) is 4.99 Å². The summed E-state index contributed by atoms with van der Waals surface area (Å²) in [6.07, 6.45) is 1.66. The van der Waals surface area contributed by atoms with Gasteiger partial charge in [0.15, 0.2) is 0 Å². The van der Waals surface area contributed by atoms with Crippen molar-refractivity contribution >= 4 is 11.6 Å². The minimum Gasteiger partial charge on any atom is -0.497 e. The van der Waals surface area contributed by atoms with Gasteiger partial charge in [-0.05, 0) is 80.4 Å². The normalized spacial score (nSPS) is 11.9. The van der Waals surface area contributed by atoms with E-state index in [1.54, 1.807) is 13.4 Å². The molecule has 0 spiro atoms. The summed E-state index contributed by atoms with van der Waals surface area (Å²) in [7, 11) is 1.64. The lowest BCUT2D eigenvalue weighted by atomic mass is 10.2. The second kappa shape index (κ2) is 9.60. The molecular formula is C25H25NO3. The van der Waals surface area contributed by atoms with E-state index < -0.39 is 0 Å². The SMILES string of the molecule is COc1ccc(N=C(Oc2cccc(C)c2)/C(C)=C/Oc2cccc(C)c2)cc1. The summed E-state index contributed by atoms with van der Waals surface area (Å²) in [5, 5.41) is 0. The first-order valence-electron chi connectivity index (χ1n) is 9.41. The van der Waals surface area contributed by atoms with Gasteiger partial charge in [0.05, 0.1) is 19.1 Å². The first kappa shape index (κ1) is 20.2. The number of rotatable bonds is 6. The molecule has 3 rings (SSSR count). The number of benzene rings is 3. The van der Waals surface area contributed by atoms with E-state index in [1.165, 1.54) is 0 Å². The maximum Gasteiger partial charge on any atom is 0.225 e. The molecule has 0 N–H and O–H groups in total. The zero-order valence-corrected chi connectivity index (χ0v) is 17.2. The highest BCUT2D eigenvalue weighted by molar-refractivity contribution is 5.96. The molecule has 148 valence electrons. The van der Waals surface area contributed by atoms with E-state index in [1.807, 2.05) is 93.6 Å². The molecule has 0 atom stereocenters. The molecule has 0 bridgehead atoms. The Morgan fingerprint density at radius 1 is 0.793 bits per heavy atom. The molecule has 0 aliphatic carbocycles. The Balaban J connectivity index is 1.89. The van der Waals surface area contributed by atoms with Crippen LogP contribution in [0, 0.1) is 13.8 Å². The van der Waals surface area contributed by atoms with Crippen LogP contribution in [0.4, 0.5) is 5.69 Å². The largest absolute Gasteiger partial charge is 0.497 e. The summed E-state index contributed by atoms with van der Waals surface area (Å²) in [5.41, 5.74) is 3.78. The van der Waals surface area contributed by atoms with Gasteiger partial charge in [-0.25, -0.2) is 4.99 Å². The lowest BCUT2D eigenvalue weighted by Gasteiger charge is -2.11. The van der Waals surface area contributed by atoms with Crippen LogP contribution in [0.5, 0.6) is 17.2 Å². The third kappa shape index (κ3) is 5.98. The summed E-state index contributed by atoms with van der Waals surface area (Å²) in [6, 6.07) is 23.2. The molecule has 0 radical (unpaired) electrons. The van der Waals surface area contributed by atoms with Crippen LogP contribution in [0.25, 0.3) is 0 Å². The maximum atomic E-state index is 6.10. The zero-order chi connectivity index (χ0) is 20.6. The number of nitrogens with zero attached hydrogens (tertiary/aromatic N) is 1. The maximum absolute atomic E-state index is 6.10. The number of hydrogen-bond donors (Lipinski definition) is 0. The Labute approximate surface area is 172 Å². The van der Waals surface area contributed by atoms with Crippen molar-refractivity contribution in [3.63, 3.8) is 0 Å². The van der Waals surface area contributed by atoms with Crippen molar-refractivity contribution in [2.75, 3.05) is 7.11 Å². The van der Waals surface area contributed by atoms with E-state index in [-0.39, 0.29) is 0 Å². The molecule has 0 aromatic heterocycles. The average Bonchev–Trinajstić information content (AvgIpc) is 2.72. The molecule has 4 nitrogen and oxygen atoms in total. The molecule has 0 aliphatic rings. The van der Waals surface area contributed by atoms with Gasteiger partial charge in [0.2, 0.25) is 5.90 Å². The van der Waals surface area contributed by atoms with E-state index >= 15 is 0 Å². The van der Waals surface area contributed by atoms with E-state index in [0.717, 1.165) is 39.6 Å². The van der Waals surface area contributed by atoms with E-state index in [9.17, 15) is 0 Å². The minimum absolute atomic E-state index is 0.466. The molecular weight excluding hydrogens is 362 g/mol. The van der Waals surface area contributed by atoms with Gasteiger partial charge in [0.1, 0.15) is 17.2 Å². The molecule has 0 saturated carbocycles. The van der Waals surface area contributed by atoms with Crippen molar-refractivity contribution in [3.8, 4) is 17.2 Å². The van der Waals surface area contributed by atoms with Crippen LogP contribution < -0.4 is 14.2 Å². The van der Waals surface area contributed by atoms with Crippen molar-refractivity contribution in [3.05, 3.63) is 95.8 Å². The summed E-state index contributed by atoms with van der Waals surface area (Å²) in [4.78, 5) is 4.68. The predicted octanol–water partition coefficient (Wildman–Crippen LogP) is 6.40. The Hall–Kier alpha value is -3.53. The van der Waals surface area contributed by atoms with Crippen LogP contribution in [0.1, 0.15) is 18.1 Å². The van der Waals surface area contributed by atoms with Crippen molar-refractivity contribution in [1.29, 1.82) is 0 Å². The Kier molecular flexibility index (Phi) is 6.69. The monoisotopic (exact) mass is 387 g/mol. The summed E-state index contributed by atoms with van der Waals surface area (Å²) in [5.74, 6) is 2.73. The lowest BCUT2D eigenvalue weighted by molar-refractivity contribution is 0.415. The van der Waals surface area contributed by atoms with Crippen molar-refractivity contribution < 1.29 is 14.2 Å². The zero-order valence-electron chi connectivity index (χ0n) is 17.2. The number of ether oxygens (including phenoxy) is 3. The van der Waals surface area contributed by atoms with E-state index in [4.69, 9.17) is 14.2 Å². The lowest BCUT2D eigenvalue weighted by Crippen LogP contribution is -2.11. The smallest absolute Gasteiger partial charge is 0.225 e. The van der Waals surface area contributed by atoms with Crippen LogP contribution >= 0.6 is 0 Å². The topological polar surface area (TPSA) is 40.0 Å². The van der Waals surface area contributed by atoms with Gasteiger partial charge in [0.25, 0.3) is 0 Å². The standard InChI is InChI=1S/C25H25NO3/c1-18-7-5-9-23(15-18)28-17-20(3)25(29-24-10-6-8-19(2)16-24)26-21-11-13-22(27-4)14-12-21/h5-17H,1-4H3/b20-17+,26-25?. The van der Waals surface area contributed by atoms with Crippen LogP contribution in [0.2, 0.25) is 0 Å². The third-order valence-electron chi connectivity index (χ3n) is 4.21. The Morgan fingerprint density at radius 3 is 2.03 bits per heavy atom. The van der Waals surface area contributed by atoms with Crippen molar-refractivity contribution in [1.82, 2.24) is 0 Å². The first-order valence-corrected chi connectivity index (χ1v) is 9.41. The van der Waals surface area contributed by atoms with Crippen LogP contribution in [0.3, 0.4) is 0 Å². The quantitative estimate of drug-likeness (QED) is 0.279. The fraction of sp³-hybridized carbons (Fsp3) is 0.160. The Bertz CT molecular complexity index is 1020. The predicted molar refractivity (Wildman–Crippen MR) is 117 cm³/mol. The van der Waals surface area contributed by atoms with E-state index in [2.05, 4.69) is 4.99 Å². The number of aryl methyl sites for hydroxylation is 2.